The lowest BCUT2D eigenvalue weighted by molar-refractivity contribution is -0.162. The molecule has 1 aromatic carbocycles. The van der Waals surface area contributed by atoms with Crippen molar-refractivity contribution in [1.82, 2.24) is 4.90 Å². The lowest BCUT2D eigenvalue weighted by Crippen LogP contribution is -2.57. The van der Waals surface area contributed by atoms with Crippen LogP contribution >= 0.6 is 0 Å². The molecule has 1 amide bonds. The molecule has 2 N–H and O–H groups in total. The molecule has 1 fully saturated rings. The van der Waals surface area contributed by atoms with E-state index in [2.05, 4.69) is 0 Å². The summed E-state index contributed by atoms with van der Waals surface area (Å²) in [6.45, 7) is 3.58. The number of hydrogen-bond donors (Lipinski definition) is 2. The molecule has 126 valence electrons. The van der Waals surface area contributed by atoms with E-state index in [0.29, 0.717) is 12.0 Å². The molecule has 0 radical (unpaired) electrons. The highest BCUT2D eigenvalue weighted by Gasteiger charge is 2.49. The zero-order valence-electron chi connectivity index (χ0n) is 13.4. The Morgan fingerprint density at radius 1 is 1.43 bits per heavy atom. The second kappa shape index (κ2) is 6.66. The minimum absolute atomic E-state index is 0.0281. The maximum absolute atomic E-state index is 14.0. The van der Waals surface area contributed by atoms with Crippen molar-refractivity contribution in [2.75, 3.05) is 13.1 Å². The van der Waals surface area contributed by atoms with Gasteiger partial charge in [0.2, 0.25) is 0 Å². The van der Waals surface area contributed by atoms with Gasteiger partial charge in [0.15, 0.2) is 0 Å². The molecular formula is C17H22FNO4. The lowest BCUT2D eigenvalue weighted by atomic mass is 9.74. The Morgan fingerprint density at radius 3 is 2.70 bits per heavy atom. The van der Waals surface area contributed by atoms with Crippen LogP contribution in [0.3, 0.4) is 0 Å². The Balaban J connectivity index is 2.34. The quantitative estimate of drug-likeness (QED) is 0.890. The number of carboxylic acid groups (broad SMARTS) is 1. The summed E-state index contributed by atoms with van der Waals surface area (Å²) >= 11 is 0. The molecule has 1 aromatic rings. The van der Waals surface area contributed by atoms with Crippen LogP contribution in [-0.4, -0.2) is 46.2 Å². The number of carbonyl (C=O) groups is 2. The minimum Gasteiger partial charge on any atom is -0.481 e. The van der Waals surface area contributed by atoms with Crippen molar-refractivity contribution in [2.45, 2.75) is 39.2 Å². The Labute approximate surface area is 134 Å². The van der Waals surface area contributed by atoms with E-state index in [-0.39, 0.29) is 31.5 Å². The van der Waals surface area contributed by atoms with Crippen LogP contribution < -0.4 is 0 Å². The normalized spacial score (nSPS) is 24.5. The second-order valence-electron chi connectivity index (χ2n) is 6.17. The van der Waals surface area contributed by atoms with Crippen LogP contribution in [0.15, 0.2) is 18.2 Å². The molecule has 5 nitrogen and oxygen atoms in total. The molecule has 2 rings (SSSR count). The fraction of sp³-hybridized carbons (Fsp3) is 0.529. The highest BCUT2D eigenvalue weighted by molar-refractivity contribution is 5.96. The number of aliphatic hydroxyl groups excluding tert-OH is 1. The van der Waals surface area contributed by atoms with Gasteiger partial charge < -0.3 is 15.1 Å². The predicted octanol–water partition coefficient (Wildman–Crippen LogP) is 2.21. The molecule has 0 unspecified atom stereocenters. The smallest absolute Gasteiger partial charge is 0.314 e. The van der Waals surface area contributed by atoms with E-state index in [1.807, 2.05) is 6.92 Å². The van der Waals surface area contributed by atoms with E-state index in [9.17, 15) is 24.2 Å². The molecule has 1 aliphatic rings. The monoisotopic (exact) mass is 323 g/mol. The molecule has 1 heterocycles. The van der Waals surface area contributed by atoms with Crippen molar-refractivity contribution >= 4 is 11.9 Å². The Hall–Kier alpha value is -1.95. The first kappa shape index (κ1) is 17.4. The SMILES string of the molecule is CCC[C@@]1(C(=O)O)CN(C(=O)c2c(C)cccc2F)CC[C@@H]1O. The molecule has 1 saturated heterocycles. The molecule has 23 heavy (non-hydrogen) atoms. The summed E-state index contributed by atoms with van der Waals surface area (Å²) in [6, 6.07) is 4.39. The van der Waals surface area contributed by atoms with E-state index >= 15 is 0 Å². The average molecular weight is 323 g/mol. The predicted molar refractivity (Wildman–Crippen MR) is 82.6 cm³/mol. The van der Waals surface area contributed by atoms with Gasteiger partial charge in [-0.25, -0.2) is 4.39 Å². The fourth-order valence-electron chi connectivity index (χ4n) is 3.32. The number of carboxylic acids is 1. The van der Waals surface area contributed by atoms with Crippen molar-refractivity contribution in [3.05, 3.63) is 35.1 Å². The average Bonchev–Trinajstić information content (AvgIpc) is 2.49. The lowest BCUT2D eigenvalue weighted by Gasteiger charge is -2.43. The number of aliphatic hydroxyl groups is 1. The Morgan fingerprint density at radius 2 is 2.13 bits per heavy atom. The van der Waals surface area contributed by atoms with Crippen molar-refractivity contribution in [1.29, 1.82) is 0 Å². The Kier molecular flexibility index (Phi) is 5.04. The van der Waals surface area contributed by atoms with E-state index in [0.717, 1.165) is 0 Å². The van der Waals surface area contributed by atoms with Crippen LogP contribution in [0.1, 0.15) is 42.1 Å². The van der Waals surface area contributed by atoms with Gasteiger partial charge in [-0.2, -0.15) is 0 Å². The third-order valence-electron chi connectivity index (χ3n) is 4.63. The first-order valence-electron chi connectivity index (χ1n) is 7.79. The van der Waals surface area contributed by atoms with Gasteiger partial charge >= 0.3 is 5.97 Å². The van der Waals surface area contributed by atoms with Gasteiger partial charge in [0.25, 0.3) is 5.91 Å². The van der Waals surface area contributed by atoms with Crippen molar-refractivity contribution in [3.63, 3.8) is 0 Å². The zero-order valence-corrected chi connectivity index (χ0v) is 13.4. The standard InChI is InChI=1S/C17H22FNO4/c1-3-8-17(16(22)23)10-19(9-7-13(17)20)15(21)14-11(2)5-4-6-12(14)18/h4-6,13,20H,3,7-10H2,1-2H3,(H,22,23)/t13-,17+/m0/s1. The van der Waals surface area contributed by atoms with Gasteiger partial charge in [-0.05, 0) is 31.4 Å². The second-order valence-corrected chi connectivity index (χ2v) is 6.17. The van der Waals surface area contributed by atoms with E-state index in [1.54, 1.807) is 13.0 Å². The van der Waals surface area contributed by atoms with Gasteiger partial charge in [-0.3, -0.25) is 9.59 Å². The van der Waals surface area contributed by atoms with Crippen LogP contribution in [0, 0.1) is 18.2 Å². The summed E-state index contributed by atoms with van der Waals surface area (Å²) in [5, 5.41) is 19.8. The molecule has 0 aliphatic carbocycles. The molecular weight excluding hydrogens is 301 g/mol. The largest absolute Gasteiger partial charge is 0.481 e. The number of piperidine rings is 1. The molecule has 0 spiro atoms. The van der Waals surface area contributed by atoms with E-state index in [1.165, 1.54) is 17.0 Å². The van der Waals surface area contributed by atoms with Crippen LogP contribution in [0.4, 0.5) is 4.39 Å². The molecule has 2 atom stereocenters. The third-order valence-corrected chi connectivity index (χ3v) is 4.63. The van der Waals surface area contributed by atoms with Crippen LogP contribution in [0.25, 0.3) is 0 Å². The van der Waals surface area contributed by atoms with E-state index in [4.69, 9.17) is 0 Å². The van der Waals surface area contributed by atoms with Gasteiger partial charge in [-0.15, -0.1) is 0 Å². The van der Waals surface area contributed by atoms with Gasteiger partial charge in [-0.1, -0.05) is 25.5 Å². The molecule has 0 saturated carbocycles. The molecule has 0 bridgehead atoms. The number of nitrogens with zero attached hydrogens (tertiary/aromatic N) is 1. The third kappa shape index (κ3) is 3.08. The minimum atomic E-state index is -1.39. The molecule has 1 aliphatic heterocycles. The first-order valence-corrected chi connectivity index (χ1v) is 7.79. The number of aliphatic carboxylic acids is 1. The summed E-state index contributed by atoms with van der Waals surface area (Å²) in [5.74, 6) is -2.25. The van der Waals surface area contributed by atoms with Gasteiger partial charge in [0.05, 0.1) is 11.7 Å². The summed E-state index contributed by atoms with van der Waals surface area (Å²) in [4.78, 5) is 25.8. The number of aryl methyl sites for hydroxylation is 1. The fourth-order valence-corrected chi connectivity index (χ4v) is 3.32. The zero-order chi connectivity index (χ0) is 17.2. The van der Waals surface area contributed by atoms with Crippen molar-refractivity contribution in [2.24, 2.45) is 5.41 Å². The number of halogens is 1. The van der Waals surface area contributed by atoms with Crippen molar-refractivity contribution < 1.29 is 24.2 Å². The number of likely N-dealkylation sites (tertiary alicyclic amines) is 1. The van der Waals surface area contributed by atoms with E-state index < -0.39 is 29.2 Å². The maximum Gasteiger partial charge on any atom is 0.314 e. The summed E-state index contributed by atoms with van der Waals surface area (Å²) in [7, 11) is 0. The van der Waals surface area contributed by atoms with Crippen LogP contribution in [-0.2, 0) is 4.79 Å². The van der Waals surface area contributed by atoms with Crippen LogP contribution in [0.5, 0.6) is 0 Å². The van der Waals surface area contributed by atoms with Gasteiger partial charge in [0.1, 0.15) is 11.2 Å². The highest BCUT2D eigenvalue weighted by atomic mass is 19.1. The van der Waals surface area contributed by atoms with Gasteiger partial charge in [0, 0.05) is 13.1 Å². The topological polar surface area (TPSA) is 77.8 Å². The number of hydrogen-bond acceptors (Lipinski definition) is 3. The maximum atomic E-state index is 14.0. The number of carbonyl (C=O) groups excluding carboxylic acids is 1. The number of rotatable bonds is 4. The first-order chi connectivity index (χ1) is 10.8. The number of benzene rings is 1. The number of amides is 1. The molecule has 6 heteroatoms. The Bertz CT molecular complexity index is 598. The highest BCUT2D eigenvalue weighted by Crippen LogP contribution is 2.36. The summed E-state index contributed by atoms with van der Waals surface area (Å²) in [6.07, 6.45) is 0.00449. The summed E-state index contributed by atoms with van der Waals surface area (Å²) in [5.41, 5.74) is -0.904. The summed E-state index contributed by atoms with van der Waals surface area (Å²) < 4.78 is 14.0. The van der Waals surface area contributed by atoms with Crippen LogP contribution in [0.2, 0.25) is 0 Å². The molecule has 0 aromatic heterocycles. The van der Waals surface area contributed by atoms with Crippen molar-refractivity contribution in [3.8, 4) is 0 Å².